The average Bonchev–Trinajstić information content (AvgIpc) is 2.47. The van der Waals surface area contributed by atoms with E-state index >= 15 is 0 Å². The maximum atomic E-state index is 11.9. The molecule has 0 unspecified atom stereocenters. The lowest BCUT2D eigenvalue weighted by Gasteiger charge is -2.08. The van der Waals surface area contributed by atoms with Crippen LogP contribution in [0.15, 0.2) is 35.1 Å². The van der Waals surface area contributed by atoms with E-state index in [1.165, 1.54) is 4.68 Å². The Kier molecular flexibility index (Phi) is 4.27. The van der Waals surface area contributed by atoms with Crippen LogP contribution in [0, 0.1) is 0 Å². The van der Waals surface area contributed by atoms with Gasteiger partial charge in [-0.1, -0.05) is 0 Å². The van der Waals surface area contributed by atoms with Crippen LogP contribution in [0.4, 0.5) is 0 Å². The van der Waals surface area contributed by atoms with Gasteiger partial charge in [-0.2, -0.15) is 17.7 Å². The molecular weight excluding hydrogens is 260 g/mol. The molecular formula is C14H16N2O2S. The van der Waals surface area contributed by atoms with E-state index < -0.39 is 0 Å². The highest BCUT2D eigenvalue weighted by Gasteiger charge is 2.08. The molecule has 1 aromatic heterocycles. The van der Waals surface area contributed by atoms with Crippen molar-refractivity contribution in [2.75, 3.05) is 7.11 Å². The summed E-state index contributed by atoms with van der Waals surface area (Å²) in [4.78, 5) is 11.9. The van der Waals surface area contributed by atoms with Crippen molar-refractivity contribution in [1.82, 2.24) is 9.78 Å². The Balaban J connectivity index is 2.51. The lowest BCUT2D eigenvalue weighted by Crippen LogP contribution is -2.25. The van der Waals surface area contributed by atoms with Crippen molar-refractivity contribution in [3.63, 3.8) is 0 Å². The molecule has 2 aromatic rings. The summed E-state index contributed by atoms with van der Waals surface area (Å²) in [6.45, 7) is 2.44. The molecule has 1 heterocycles. The average molecular weight is 276 g/mol. The van der Waals surface area contributed by atoms with Gasteiger partial charge in [0.1, 0.15) is 5.75 Å². The number of rotatable bonds is 4. The second kappa shape index (κ2) is 5.93. The van der Waals surface area contributed by atoms with Crippen LogP contribution in [-0.2, 0) is 12.3 Å². The van der Waals surface area contributed by atoms with E-state index in [4.69, 9.17) is 4.74 Å². The molecule has 0 fully saturated rings. The molecule has 0 saturated heterocycles. The van der Waals surface area contributed by atoms with Gasteiger partial charge in [0.05, 0.1) is 12.8 Å². The summed E-state index contributed by atoms with van der Waals surface area (Å²) in [7, 11) is 1.63. The van der Waals surface area contributed by atoms with Crippen LogP contribution in [0.3, 0.4) is 0 Å². The maximum absolute atomic E-state index is 11.9. The molecule has 1 aromatic carbocycles. The first-order chi connectivity index (χ1) is 9.19. The molecule has 0 aliphatic heterocycles. The van der Waals surface area contributed by atoms with Gasteiger partial charge in [-0.05, 0) is 37.3 Å². The molecule has 0 spiro atoms. The number of hydrogen-bond donors (Lipinski definition) is 1. The molecule has 2 rings (SSSR count). The number of hydrogen-bond acceptors (Lipinski definition) is 4. The van der Waals surface area contributed by atoms with Crippen molar-refractivity contribution in [1.29, 1.82) is 0 Å². The summed E-state index contributed by atoms with van der Waals surface area (Å²) < 4.78 is 6.59. The van der Waals surface area contributed by atoms with Crippen LogP contribution in [-0.4, -0.2) is 16.9 Å². The van der Waals surface area contributed by atoms with E-state index in [-0.39, 0.29) is 5.56 Å². The number of aryl methyl sites for hydroxylation is 1. The van der Waals surface area contributed by atoms with Gasteiger partial charge in [0.15, 0.2) is 0 Å². The first-order valence-corrected chi connectivity index (χ1v) is 6.69. The van der Waals surface area contributed by atoms with Gasteiger partial charge in [0, 0.05) is 23.4 Å². The molecule has 0 atom stereocenters. The number of benzene rings is 1. The first-order valence-electron chi connectivity index (χ1n) is 6.06. The molecule has 5 heteroatoms. The monoisotopic (exact) mass is 276 g/mol. The third-order valence-electron chi connectivity index (χ3n) is 2.90. The Hall–Kier alpha value is -1.75. The maximum Gasteiger partial charge on any atom is 0.270 e. The Morgan fingerprint density at radius 1 is 1.32 bits per heavy atom. The standard InChI is InChI=1S/C14H16N2O2S/c1-3-16-14(17)11(9-19)8-13(15-16)10-4-6-12(18-2)7-5-10/h4-8,19H,3,9H2,1-2H3. The highest BCUT2D eigenvalue weighted by molar-refractivity contribution is 7.79. The Morgan fingerprint density at radius 2 is 2.00 bits per heavy atom. The minimum Gasteiger partial charge on any atom is -0.497 e. The minimum absolute atomic E-state index is 0.0743. The van der Waals surface area contributed by atoms with Gasteiger partial charge in [0.2, 0.25) is 0 Å². The topological polar surface area (TPSA) is 44.1 Å². The molecule has 0 radical (unpaired) electrons. The van der Waals surface area contributed by atoms with Gasteiger partial charge in [-0.15, -0.1) is 0 Å². The lowest BCUT2D eigenvalue weighted by molar-refractivity contribution is 0.415. The van der Waals surface area contributed by atoms with Crippen LogP contribution in [0.25, 0.3) is 11.3 Å². The first kappa shape index (κ1) is 13.7. The van der Waals surface area contributed by atoms with E-state index in [9.17, 15) is 4.79 Å². The third-order valence-corrected chi connectivity index (χ3v) is 3.24. The molecule has 19 heavy (non-hydrogen) atoms. The molecule has 100 valence electrons. The zero-order valence-corrected chi connectivity index (χ0v) is 11.9. The summed E-state index contributed by atoms with van der Waals surface area (Å²) in [5.41, 5.74) is 2.31. The van der Waals surface area contributed by atoms with Gasteiger partial charge >= 0.3 is 0 Å². The van der Waals surface area contributed by atoms with Crippen molar-refractivity contribution in [2.24, 2.45) is 0 Å². The smallest absolute Gasteiger partial charge is 0.270 e. The lowest BCUT2D eigenvalue weighted by atomic mass is 10.1. The highest BCUT2D eigenvalue weighted by Crippen LogP contribution is 2.20. The van der Waals surface area contributed by atoms with Gasteiger partial charge in [-0.3, -0.25) is 4.79 Å². The number of methoxy groups -OCH3 is 1. The second-order valence-corrected chi connectivity index (χ2v) is 4.38. The fraction of sp³-hybridized carbons (Fsp3) is 0.286. The molecule has 0 aliphatic rings. The second-order valence-electron chi connectivity index (χ2n) is 4.06. The quantitative estimate of drug-likeness (QED) is 0.872. The van der Waals surface area contributed by atoms with E-state index in [2.05, 4.69) is 17.7 Å². The number of ether oxygens (including phenoxy) is 1. The predicted molar refractivity (Wildman–Crippen MR) is 78.8 cm³/mol. The number of thiol groups is 1. The van der Waals surface area contributed by atoms with E-state index in [1.807, 2.05) is 31.2 Å². The fourth-order valence-electron chi connectivity index (χ4n) is 1.83. The molecule has 0 N–H and O–H groups in total. The van der Waals surface area contributed by atoms with Crippen LogP contribution < -0.4 is 10.3 Å². The van der Waals surface area contributed by atoms with E-state index in [1.54, 1.807) is 13.2 Å². The Bertz CT molecular complexity index is 592. The molecule has 0 amide bonds. The van der Waals surface area contributed by atoms with Crippen molar-refractivity contribution in [3.05, 3.63) is 46.2 Å². The summed E-state index contributed by atoms with van der Waals surface area (Å²) in [5, 5.41) is 4.35. The zero-order chi connectivity index (χ0) is 13.8. The molecule has 4 nitrogen and oxygen atoms in total. The van der Waals surface area contributed by atoms with Gasteiger partial charge in [0.25, 0.3) is 5.56 Å². The van der Waals surface area contributed by atoms with Gasteiger partial charge in [-0.25, -0.2) is 4.68 Å². The van der Waals surface area contributed by atoms with E-state index in [0.717, 1.165) is 17.0 Å². The van der Waals surface area contributed by atoms with Crippen LogP contribution in [0.2, 0.25) is 0 Å². The van der Waals surface area contributed by atoms with Crippen LogP contribution >= 0.6 is 12.6 Å². The minimum atomic E-state index is -0.0743. The zero-order valence-electron chi connectivity index (χ0n) is 11.0. The molecule has 0 bridgehead atoms. The van der Waals surface area contributed by atoms with Crippen molar-refractivity contribution in [2.45, 2.75) is 19.2 Å². The van der Waals surface area contributed by atoms with E-state index in [0.29, 0.717) is 17.9 Å². The Labute approximate surface area is 117 Å². The molecule has 0 aliphatic carbocycles. The third kappa shape index (κ3) is 2.81. The fourth-order valence-corrected chi connectivity index (χ4v) is 2.05. The number of nitrogens with zero attached hydrogens (tertiary/aromatic N) is 2. The largest absolute Gasteiger partial charge is 0.497 e. The van der Waals surface area contributed by atoms with Crippen LogP contribution in [0.5, 0.6) is 5.75 Å². The highest BCUT2D eigenvalue weighted by atomic mass is 32.1. The van der Waals surface area contributed by atoms with Crippen molar-refractivity contribution in [3.8, 4) is 17.0 Å². The van der Waals surface area contributed by atoms with Gasteiger partial charge < -0.3 is 4.74 Å². The van der Waals surface area contributed by atoms with Crippen molar-refractivity contribution < 1.29 is 4.74 Å². The van der Waals surface area contributed by atoms with Crippen molar-refractivity contribution >= 4 is 12.6 Å². The normalized spacial score (nSPS) is 10.5. The predicted octanol–water partition coefficient (Wildman–Crippen LogP) is 2.37. The summed E-state index contributed by atoms with van der Waals surface area (Å²) in [5.74, 6) is 1.20. The summed E-state index contributed by atoms with van der Waals surface area (Å²) in [6, 6.07) is 9.39. The molecule has 0 saturated carbocycles. The summed E-state index contributed by atoms with van der Waals surface area (Å²) >= 11 is 4.20. The number of aromatic nitrogens is 2. The van der Waals surface area contributed by atoms with Crippen LogP contribution in [0.1, 0.15) is 12.5 Å². The summed E-state index contributed by atoms with van der Waals surface area (Å²) in [6.07, 6.45) is 0. The SMILES string of the molecule is CCn1nc(-c2ccc(OC)cc2)cc(CS)c1=O. The Morgan fingerprint density at radius 3 is 2.53 bits per heavy atom.